The molecule has 6 nitrogen and oxygen atoms in total. The second-order valence-electron chi connectivity index (χ2n) is 5.89. The fraction of sp³-hybridized carbons (Fsp3) is 0.250. The Labute approximate surface area is 151 Å². The number of Topliss-reactive ketones (excluding diaryl/α,β-unsaturated/α-hetero) is 1. The molecule has 0 aliphatic rings. The number of hydrogen-bond acceptors (Lipinski definition) is 5. The van der Waals surface area contributed by atoms with Gasteiger partial charge in [-0.3, -0.25) is 14.6 Å². The number of ether oxygens (including phenoxy) is 2. The smallest absolute Gasteiger partial charge is 0.306 e. The molecule has 0 radical (unpaired) electrons. The molecular formula is C20H20N2O4. The number of hydrogen-bond donors (Lipinski definition) is 1. The molecule has 0 unspecified atom stereocenters. The van der Waals surface area contributed by atoms with Crippen molar-refractivity contribution in [2.75, 3.05) is 6.61 Å². The van der Waals surface area contributed by atoms with Gasteiger partial charge in [0.2, 0.25) is 5.78 Å². The van der Waals surface area contributed by atoms with Gasteiger partial charge in [0.05, 0.1) is 12.8 Å². The number of ketones is 1. The number of H-pyrrole nitrogens is 1. The molecule has 3 rings (SSSR count). The fourth-order valence-corrected chi connectivity index (χ4v) is 2.64. The average molecular weight is 352 g/mol. The standard InChI is InChI=1S/C20H20N2O4/c1-14(20(24)17-13-22-18-8-3-2-7-16(17)18)26-19(23)9-5-11-25-15-6-4-10-21-12-15/h2-4,6-8,10,12-14,22H,5,9,11H2,1H3/t14-/m0/s1. The number of fused-ring (bicyclic) bond motifs is 1. The number of aromatic nitrogens is 2. The Balaban J connectivity index is 1.47. The fourth-order valence-electron chi connectivity index (χ4n) is 2.64. The van der Waals surface area contributed by atoms with Crippen LogP contribution < -0.4 is 4.74 Å². The van der Waals surface area contributed by atoms with Crippen molar-refractivity contribution in [3.8, 4) is 5.75 Å². The van der Waals surface area contributed by atoms with Gasteiger partial charge in [0.25, 0.3) is 0 Å². The first kappa shape index (κ1) is 17.7. The first-order chi connectivity index (χ1) is 12.6. The van der Waals surface area contributed by atoms with Crippen molar-refractivity contribution >= 4 is 22.7 Å². The lowest BCUT2D eigenvalue weighted by Crippen LogP contribution is -2.24. The van der Waals surface area contributed by atoms with Crippen molar-refractivity contribution in [3.05, 3.63) is 60.6 Å². The molecule has 0 saturated carbocycles. The second kappa shape index (κ2) is 8.29. The third kappa shape index (κ3) is 4.27. The Morgan fingerprint density at radius 1 is 1.19 bits per heavy atom. The van der Waals surface area contributed by atoms with Gasteiger partial charge in [-0.1, -0.05) is 18.2 Å². The van der Waals surface area contributed by atoms with E-state index in [1.807, 2.05) is 24.3 Å². The maximum absolute atomic E-state index is 12.5. The molecular weight excluding hydrogens is 332 g/mol. The van der Waals surface area contributed by atoms with Crippen molar-refractivity contribution in [3.63, 3.8) is 0 Å². The summed E-state index contributed by atoms with van der Waals surface area (Å²) in [5, 5.41) is 0.824. The van der Waals surface area contributed by atoms with Crippen LogP contribution in [0.2, 0.25) is 0 Å². The summed E-state index contributed by atoms with van der Waals surface area (Å²) in [6, 6.07) is 11.1. The van der Waals surface area contributed by atoms with Gasteiger partial charge in [-0.2, -0.15) is 0 Å². The molecule has 1 atom stereocenters. The number of nitrogens with one attached hydrogen (secondary N) is 1. The monoisotopic (exact) mass is 352 g/mol. The number of rotatable bonds is 8. The van der Waals surface area contributed by atoms with E-state index in [1.165, 1.54) is 0 Å². The molecule has 0 bridgehead atoms. The second-order valence-corrected chi connectivity index (χ2v) is 5.89. The zero-order chi connectivity index (χ0) is 18.4. The third-order valence-electron chi connectivity index (χ3n) is 3.96. The maximum Gasteiger partial charge on any atom is 0.306 e. The summed E-state index contributed by atoms with van der Waals surface area (Å²) in [5.74, 6) is 0.0200. The van der Waals surface area contributed by atoms with Crippen molar-refractivity contribution in [2.45, 2.75) is 25.9 Å². The van der Waals surface area contributed by atoms with Crippen molar-refractivity contribution in [1.29, 1.82) is 0 Å². The Morgan fingerprint density at radius 2 is 2.04 bits per heavy atom. The number of nitrogens with zero attached hydrogens (tertiary/aromatic N) is 1. The number of para-hydroxylation sites is 1. The zero-order valence-electron chi connectivity index (χ0n) is 14.5. The van der Waals surface area contributed by atoms with Crippen LogP contribution in [-0.4, -0.2) is 34.4 Å². The molecule has 2 heterocycles. The Morgan fingerprint density at radius 3 is 2.85 bits per heavy atom. The SMILES string of the molecule is C[C@H](OC(=O)CCCOc1cccnc1)C(=O)c1c[nH]c2ccccc12. The largest absolute Gasteiger partial charge is 0.492 e. The van der Waals surface area contributed by atoms with Crippen molar-refractivity contribution in [2.24, 2.45) is 0 Å². The molecule has 0 saturated heterocycles. The van der Waals surface area contributed by atoms with E-state index in [2.05, 4.69) is 9.97 Å². The minimum atomic E-state index is -0.832. The molecule has 6 heteroatoms. The van der Waals surface area contributed by atoms with Crippen LogP contribution in [0.1, 0.15) is 30.1 Å². The number of carbonyl (C=O) groups is 2. The number of carbonyl (C=O) groups excluding carboxylic acids is 2. The van der Waals surface area contributed by atoms with Crippen LogP contribution in [0.5, 0.6) is 5.75 Å². The molecule has 1 N–H and O–H groups in total. The van der Waals surface area contributed by atoms with Gasteiger partial charge in [-0.15, -0.1) is 0 Å². The van der Waals surface area contributed by atoms with E-state index in [1.54, 1.807) is 37.6 Å². The summed E-state index contributed by atoms with van der Waals surface area (Å²) < 4.78 is 10.7. The number of aromatic amines is 1. The summed E-state index contributed by atoms with van der Waals surface area (Å²) in [4.78, 5) is 31.5. The van der Waals surface area contributed by atoms with E-state index in [0.29, 0.717) is 24.3 Å². The van der Waals surface area contributed by atoms with Crippen molar-refractivity contribution < 1.29 is 19.1 Å². The molecule has 0 aliphatic carbocycles. The minimum Gasteiger partial charge on any atom is -0.492 e. The van der Waals surface area contributed by atoms with Gasteiger partial charge >= 0.3 is 5.97 Å². The lowest BCUT2D eigenvalue weighted by atomic mass is 10.1. The van der Waals surface area contributed by atoms with Crippen LogP contribution in [0, 0.1) is 0 Å². The van der Waals surface area contributed by atoms with E-state index < -0.39 is 12.1 Å². The van der Waals surface area contributed by atoms with Gasteiger partial charge in [0.1, 0.15) is 5.75 Å². The first-order valence-corrected chi connectivity index (χ1v) is 8.48. The average Bonchev–Trinajstić information content (AvgIpc) is 3.09. The Hall–Kier alpha value is -3.15. The van der Waals surface area contributed by atoms with E-state index >= 15 is 0 Å². The molecule has 1 aromatic carbocycles. The van der Waals surface area contributed by atoms with Crippen LogP contribution in [0.15, 0.2) is 55.0 Å². The van der Waals surface area contributed by atoms with E-state index in [-0.39, 0.29) is 12.2 Å². The molecule has 0 aliphatic heterocycles. The minimum absolute atomic E-state index is 0.186. The molecule has 0 amide bonds. The van der Waals surface area contributed by atoms with Gasteiger partial charge in [-0.05, 0) is 31.5 Å². The van der Waals surface area contributed by atoms with Crippen LogP contribution in [0.3, 0.4) is 0 Å². The highest BCUT2D eigenvalue weighted by Gasteiger charge is 2.22. The van der Waals surface area contributed by atoms with E-state index in [9.17, 15) is 9.59 Å². The highest BCUT2D eigenvalue weighted by molar-refractivity contribution is 6.10. The van der Waals surface area contributed by atoms with Gasteiger partial charge < -0.3 is 14.5 Å². The third-order valence-corrected chi connectivity index (χ3v) is 3.96. The number of benzene rings is 1. The molecule has 3 aromatic rings. The predicted molar refractivity (Wildman–Crippen MR) is 97.1 cm³/mol. The normalized spacial score (nSPS) is 11.9. The highest BCUT2D eigenvalue weighted by atomic mass is 16.5. The van der Waals surface area contributed by atoms with Crippen molar-refractivity contribution in [1.82, 2.24) is 9.97 Å². The zero-order valence-corrected chi connectivity index (χ0v) is 14.5. The molecule has 134 valence electrons. The quantitative estimate of drug-likeness (QED) is 0.381. The van der Waals surface area contributed by atoms with Crippen LogP contribution in [0.4, 0.5) is 0 Å². The van der Waals surface area contributed by atoms with Gasteiger partial charge in [-0.25, -0.2) is 0 Å². The first-order valence-electron chi connectivity index (χ1n) is 8.48. The number of esters is 1. The Bertz CT molecular complexity index is 889. The Kier molecular flexibility index (Phi) is 5.63. The van der Waals surface area contributed by atoms with Crippen LogP contribution in [-0.2, 0) is 9.53 Å². The van der Waals surface area contributed by atoms with E-state index in [0.717, 1.165) is 10.9 Å². The molecule has 0 fully saturated rings. The summed E-state index contributed by atoms with van der Waals surface area (Å²) in [7, 11) is 0. The molecule has 2 aromatic heterocycles. The summed E-state index contributed by atoms with van der Waals surface area (Å²) >= 11 is 0. The maximum atomic E-state index is 12.5. The van der Waals surface area contributed by atoms with Gasteiger partial charge in [0.15, 0.2) is 6.10 Å². The molecule has 26 heavy (non-hydrogen) atoms. The number of pyridine rings is 1. The molecule has 0 spiro atoms. The summed E-state index contributed by atoms with van der Waals surface area (Å²) in [5.41, 5.74) is 1.41. The topological polar surface area (TPSA) is 81.3 Å². The van der Waals surface area contributed by atoms with Crippen LogP contribution >= 0.6 is 0 Å². The summed E-state index contributed by atoms with van der Waals surface area (Å²) in [6.45, 7) is 1.97. The predicted octanol–water partition coefficient (Wildman–Crippen LogP) is 3.54. The summed E-state index contributed by atoms with van der Waals surface area (Å²) in [6.07, 6.45) is 4.78. The lowest BCUT2D eigenvalue weighted by Gasteiger charge is -2.12. The highest BCUT2D eigenvalue weighted by Crippen LogP contribution is 2.20. The van der Waals surface area contributed by atoms with Gasteiger partial charge in [0, 0.05) is 35.3 Å². The van der Waals surface area contributed by atoms with Crippen LogP contribution in [0.25, 0.3) is 10.9 Å². The lowest BCUT2D eigenvalue weighted by molar-refractivity contribution is -0.146. The van der Waals surface area contributed by atoms with E-state index in [4.69, 9.17) is 9.47 Å².